The minimum atomic E-state index is -1.14. The van der Waals surface area contributed by atoms with Crippen molar-refractivity contribution in [3.05, 3.63) is 27.7 Å². The summed E-state index contributed by atoms with van der Waals surface area (Å²) in [4.78, 5) is 23.5. The van der Waals surface area contributed by atoms with Crippen molar-refractivity contribution in [2.24, 2.45) is 0 Å². The van der Waals surface area contributed by atoms with E-state index in [0.717, 1.165) is 0 Å². The molecule has 1 rings (SSSR count). The Labute approximate surface area is 108 Å². The van der Waals surface area contributed by atoms with Crippen molar-refractivity contribution in [3.63, 3.8) is 0 Å². The van der Waals surface area contributed by atoms with Gasteiger partial charge >= 0.3 is 12.0 Å². The molecular weight excluding hydrogens is 267 g/mol. The molecule has 0 radical (unpaired) electrons. The topological polar surface area (TPSA) is 69.6 Å². The third-order valence-electron chi connectivity index (χ3n) is 1.93. The zero-order valence-corrected chi connectivity index (χ0v) is 10.6. The van der Waals surface area contributed by atoms with E-state index in [-0.39, 0.29) is 21.3 Å². The van der Waals surface area contributed by atoms with Gasteiger partial charge in [0.25, 0.3) is 0 Å². The van der Waals surface area contributed by atoms with Crippen LogP contribution in [0.1, 0.15) is 10.4 Å². The van der Waals surface area contributed by atoms with Gasteiger partial charge in [0.15, 0.2) is 0 Å². The summed E-state index contributed by atoms with van der Waals surface area (Å²) in [6, 6.07) is 2.04. The highest BCUT2D eigenvalue weighted by atomic mass is 35.5. The van der Waals surface area contributed by atoms with E-state index in [0.29, 0.717) is 0 Å². The monoisotopic (exact) mass is 276 g/mol. The van der Waals surface area contributed by atoms with Crippen LogP contribution in [0.15, 0.2) is 12.1 Å². The number of aromatic carboxylic acids is 1. The number of urea groups is 1. The summed E-state index contributed by atoms with van der Waals surface area (Å²) in [5.74, 6) is -1.14. The molecule has 0 fully saturated rings. The Hall–Kier alpha value is -1.46. The normalized spacial score (nSPS) is 9.88. The van der Waals surface area contributed by atoms with E-state index < -0.39 is 12.0 Å². The van der Waals surface area contributed by atoms with Crippen LogP contribution in [-0.2, 0) is 0 Å². The summed E-state index contributed by atoms with van der Waals surface area (Å²) < 4.78 is 0. The molecule has 0 aliphatic rings. The van der Waals surface area contributed by atoms with Crippen LogP contribution < -0.4 is 5.32 Å². The number of carbonyl (C=O) groups is 2. The smallest absolute Gasteiger partial charge is 0.335 e. The van der Waals surface area contributed by atoms with Crippen molar-refractivity contribution < 1.29 is 14.7 Å². The third-order valence-corrected chi connectivity index (χ3v) is 2.52. The zero-order chi connectivity index (χ0) is 13.2. The first kappa shape index (κ1) is 13.6. The lowest BCUT2D eigenvalue weighted by molar-refractivity contribution is 0.0697. The first-order chi connectivity index (χ1) is 7.82. The van der Waals surface area contributed by atoms with Crippen LogP contribution in [0.2, 0.25) is 10.0 Å². The van der Waals surface area contributed by atoms with E-state index in [2.05, 4.69) is 5.32 Å². The van der Waals surface area contributed by atoms with E-state index in [1.165, 1.54) is 17.0 Å². The maximum atomic E-state index is 11.4. The van der Waals surface area contributed by atoms with Gasteiger partial charge in [-0.1, -0.05) is 23.2 Å². The van der Waals surface area contributed by atoms with Crippen LogP contribution in [0.25, 0.3) is 0 Å². The number of anilines is 1. The molecule has 0 saturated heterocycles. The van der Waals surface area contributed by atoms with Gasteiger partial charge in [-0.3, -0.25) is 0 Å². The number of hydrogen-bond acceptors (Lipinski definition) is 2. The van der Waals surface area contributed by atoms with Gasteiger partial charge in [-0.15, -0.1) is 0 Å². The predicted molar refractivity (Wildman–Crippen MR) is 66.1 cm³/mol. The van der Waals surface area contributed by atoms with Crippen LogP contribution in [0.4, 0.5) is 10.5 Å². The van der Waals surface area contributed by atoms with Gasteiger partial charge in [0.1, 0.15) is 0 Å². The highest BCUT2D eigenvalue weighted by molar-refractivity contribution is 6.40. The second-order valence-corrected chi connectivity index (χ2v) is 4.26. The van der Waals surface area contributed by atoms with Crippen LogP contribution >= 0.6 is 23.2 Å². The molecule has 0 spiro atoms. The van der Waals surface area contributed by atoms with Crippen molar-refractivity contribution in [1.82, 2.24) is 4.90 Å². The van der Waals surface area contributed by atoms with Crippen LogP contribution in [0.5, 0.6) is 0 Å². The third kappa shape index (κ3) is 3.25. The number of carboxylic acid groups (broad SMARTS) is 1. The minimum Gasteiger partial charge on any atom is -0.478 e. The predicted octanol–water partition coefficient (Wildman–Crippen LogP) is 2.79. The molecule has 0 aromatic heterocycles. The quantitative estimate of drug-likeness (QED) is 0.873. The summed E-state index contributed by atoms with van der Waals surface area (Å²) in [7, 11) is 3.12. The Morgan fingerprint density at radius 3 is 2.06 bits per heavy atom. The van der Waals surface area contributed by atoms with Crippen molar-refractivity contribution in [3.8, 4) is 0 Å². The maximum Gasteiger partial charge on any atom is 0.335 e. The molecule has 1 aromatic rings. The second kappa shape index (κ2) is 5.25. The van der Waals surface area contributed by atoms with Gasteiger partial charge < -0.3 is 15.3 Å². The molecule has 2 N–H and O–H groups in total. The van der Waals surface area contributed by atoms with Gasteiger partial charge in [-0.25, -0.2) is 9.59 Å². The lowest BCUT2D eigenvalue weighted by atomic mass is 10.2. The average molecular weight is 277 g/mol. The molecule has 0 heterocycles. The van der Waals surface area contributed by atoms with E-state index in [1.807, 2.05) is 0 Å². The fourth-order valence-electron chi connectivity index (χ4n) is 1.03. The first-order valence-electron chi connectivity index (χ1n) is 4.53. The lowest BCUT2D eigenvalue weighted by Crippen LogP contribution is -2.27. The van der Waals surface area contributed by atoms with Crippen molar-refractivity contribution >= 4 is 40.9 Å². The van der Waals surface area contributed by atoms with Crippen molar-refractivity contribution in [2.45, 2.75) is 0 Å². The van der Waals surface area contributed by atoms with Gasteiger partial charge in [0.2, 0.25) is 0 Å². The van der Waals surface area contributed by atoms with Gasteiger partial charge in [-0.2, -0.15) is 0 Å². The van der Waals surface area contributed by atoms with E-state index >= 15 is 0 Å². The Bertz CT molecular complexity index is 452. The molecule has 2 amide bonds. The van der Waals surface area contributed by atoms with Crippen LogP contribution in [0, 0.1) is 0 Å². The summed E-state index contributed by atoms with van der Waals surface area (Å²) in [5, 5.41) is 11.4. The van der Waals surface area contributed by atoms with E-state index in [4.69, 9.17) is 28.3 Å². The lowest BCUT2D eigenvalue weighted by Gasteiger charge is -2.14. The van der Waals surface area contributed by atoms with E-state index in [1.54, 1.807) is 14.1 Å². The summed E-state index contributed by atoms with van der Waals surface area (Å²) in [6.07, 6.45) is 0. The first-order valence-corrected chi connectivity index (χ1v) is 5.29. The summed E-state index contributed by atoms with van der Waals surface area (Å²) >= 11 is 11.7. The molecule has 0 bridgehead atoms. The number of nitrogens with one attached hydrogen (secondary N) is 1. The van der Waals surface area contributed by atoms with E-state index in [9.17, 15) is 9.59 Å². The molecule has 0 aliphatic heterocycles. The molecule has 0 aliphatic carbocycles. The van der Waals surface area contributed by atoms with Crippen molar-refractivity contribution in [2.75, 3.05) is 19.4 Å². The number of hydrogen-bond donors (Lipinski definition) is 2. The molecule has 17 heavy (non-hydrogen) atoms. The maximum absolute atomic E-state index is 11.4. The average Bonchev–Trinajstić information content (AvgIpc) is 2.22. The fraction of sp³-hybridized carbons (Fsp3) is 0.200. The molecule has 0 unspecified atom stereocenters. The minimum absolute atomic E-state index is 0.0390. The summed E-state index contributed by atoms with van der Waals surface area (Å²) in [6.45, 7) is 0. The zero-order valence-electron chi connectivity index (χ0n) is 9.12. The number of rotatable bonds is 2. The molecule has 0 saturated carbocycles. The fourth-order valence-corrected chi connectivity index (χ4v) is 1.62. The molecule has 7 heteroatoms. The number of nitrogens with zero attached hydrogens (tertiary/aromatic N) is 1. The largest absolute Gasteiger partial charge is 0.478 e. The molecule has 92 valence electrons. The highest BCUT2D eigenvalue weighted by Gasteiger charge is 2.14. The van der Waals surface area contributed by atoms with Gasteiger partial charge in [0.05, 0.1) is 21.3 Å². The second-order valence-electron chi connectivity index (χ2n) is 3.44. The Balaban J connectivity index is 3.10. The Morgan fingerprint density at radius 1 is 1.24 bits per heavy atom. The number of carboxylic acids is 1. The van der Waals surface area contributed by atoms with Crippen molar-refractivity contribution in [1.29, 1.82) is 0 Å². The SMILES string of the molecule is CN(C)C(=O)Nc1c(Cl)cc(C(=O)O)cc1Cl. The Kier molecular flexibility index (Phi) is 4.20. The molecule has 1 aromatic carbocycles. The number of halogens is 2. The van der Waals surface area contributed by atoms with Crippen LogP contribution in [0.3, 0.4) is 0 Å². The van der Waals surface area contributed by atoms with Gasteiger partial charge in [-0.05, 0) is 12.1 Å². The molecule has 0 atom stereocenters. The van der Waals surface area contributed by atoms with Crippen LogP contribution in [-0.4, -0.2) is 36.1 Å². The van der Waals surface area contributed by atoms with Gasteiger partial charge in [0, 0.05) is 14.1 Å². The Morgan fingerprint density at radius 2 is 1.71 bits per heavy atom. The molecule has 5 nitrogen and oxygen atoms in total. The number of benzene rings is 1. The number of amides is 2. The highest BCUT2D eigenvalue weighted by Crippen LogP contribution is 2.32. The standard InChI is InChI=1S/C10H10Cl2N2O3/c1-14(2)10(17)13-8-6(11)3-5(9(15)16)4-7(8)12/h3-4H,1-2H3,(H,13,17)(H,15,16). The summed E-state index contributed by atoms with van der Waals surface area (Å²) in [5.41, 5.74) is 0.153. The number of carbonyl (C=O) groups excluding carboxylic acids is 1. The molecular formula is C10H10Cl2N2O3.